The molecular weight excluding hydrogens is 339 g/mol. The number of fused-ring (bicyclic) bond motifs is 1. The molecular formula is C18H25N2O4P. The van der Waals surface area contributed by atoms with E-state index >= 15 is 0 Å². The van der Waals surface area contributed by atoms with Crippen LogP contribution in [0.25, 0.3) is 0 Å². The molecule has 2 aliphatic rings. The van der Waals surface area contributed by atoms with Crippen molar-refractivity contribution in [3.8, 4) is 0 Å². The van der Waals surface area contributed by atoms with Crippen molar-refractivity contribution in [2.75, 3.05) is 13.7 Å². The van der Waals surface area contributed by atoms with Gasteiger partial charge in [0.1, 0.15) is 6.10 Å². The van der Waals surface area contributed by atoms with Gasteiger partial charge in [-0.25, -0.2) is 9.36 Å². The molecule has 0 aliphatic heterocycles. The average Bonchev–Trinajstić information content (AvgIpc) is 3.02. The van der Waals surface area contributed by atoms with Gasteiger partial charge in [0, 0.05) is 19.0 Å². The molecule has 0 aromatic heterocycles. The maximum atomic E-state index is 11.4. The Hall–Kier alpha value is -1.49. The summed E-state index contributed by atoms with van der Waals surface area (Å²) < 4.78 is 20.9. The Kier molecular flexibility index (Phi) is 5.72. The summed E-state index contributed by atoms with van der Waals surface area (Å²) >= 11 is 0. The van der Waals surface area contributed by atoms with Crippen LogP contribution >= 0.6 is 8.69 Å². The molecule has 0 heterocycles. The fraction of sp³-hybridized carbons (Fsp3) is 0.611. The highest BCUT2D eigenvalue weighted by Gasteiger charge is 2.37. The second-order valence-electron chi connectivity index (χ2n) is 7.20. The highest BCUT2D eigenvalue weighted by molar-refractivity contribution is 7.17. The molecule has 6 nitrogen and oxygen atoms in total. The first-order chi connectivity index (χ1) is 12.0. The molecule has 0 bridgehead atoms. The van der Waals surface area contributed by atoms with Crippen molar-refractivity contribution in [2.24, 2.45) is 5.73 Å². The number of nitrogens with one attached hydrogen (secondary N) is 1. The minimum atomic E-state index is -0.384. The van der Waals surface area contributed by atoms with Gasteiger partial charge >= 0.3 is 14.8 Å². The van der Waals surface area contributed by atoms with Crippen molar-refractivity contribution < 1.29 is 18.6 Å². The van der Waals surface area contributed by atoms with E-state index in [4.69, 9.17) is 15.0 Å². The molecule has 0 radical (unpaired) electrons. The van der Waals surface area contributed by atoms with Crippen molar-refractivity contribution in [1.82, 2.24) is 5.32 Å². The zero-order chi connectivity index (χ0) is 17.9. The summed E-state index contributed by atoms with van der Waals surface area (Å²) in [6.45, 7) is 0.331. The van der Waals surface area contributed by atoms with Crippen LogP contribution in [0, 0.1) is 0 Å². The van der Waals surface area contributed by atoms with E-state index in [0.29, 0.717) is 12.5 Å². The van der Waals surface area contributed by atoms with Gasteiger partial charge < -0.3 is 15.8 Å². The topological polar surface area (TPSA) is 90.7 Å². The molecule has 3 atom stereocenters. The van der Waals surface area contributed by atoms with Crippen molar-refractivity contribution >= 4 is 14.8 Å². The van der Waals surface area contributed by atoms with Gasteiger partial charge in [-0.15, -0.1) is 0 Å². The number of rotatable bonds is 5. The van der Waals surface area contributed by atoms with Crippen molar-refractivity contribution in [3.63, 3.8) is 0 Å². The summed E-state index contributed by atoms with van der Waals surface area (Å²) in [5.74, 6) is 0.419. The third-order valence-corrected chi connectivity index (χ3v) is 5.65. The van der Waals surface area contributed by atoms with Gasteiger partial charge in [-0.1, -0.05) is 18.2 Å². The Morgan fingerprint density at radius 1 is 1.40 bits per heavy atom. The van der Waals surface area contributed by atoms with Gasteiger partial charge in [-0.3, -0.25) is 4.52 Å². The number of hydrogen-bond acceptors (Lipinski definition) is 5. The van der Waals surface area contributed by atoms with Crippen LogP contribution in [-0.4, -0.2) is 31.4 Å². The number of alkyl carbamates (subject to hydrolysis) is 1. The average molecular weight is 364 g/mol. The second-order valence-corrected chi connectivity index (χ2v) is 7.61. The number of amides is 1. The minimum absolute atomic E-state index is 0.0510. The first-order valence-electron chi connectivity index (χ1n) is 8.76. The zero-order valence-electron chi connectivity index (χ0n) is 14.5. The first kappa shape index (κ1) is 18.3. The van der Waals surface area contributed by atoms with E-state index < -0.39 is 0 Å². The van der Waals surface area contributed by atoms with Crippen LogP contribution in [0.3, 0.4) is 0 Å². The summed E-state index contributed by atoms with van der Waals surface area (Å²) in [5.41, 5.74) is 9.90. The number of carbonyl (C=O) groups excluding carboxylic acids is 1. The zero-order valence-corrected chi connectivity index (χ0v) is 15.4. The lowest BCUT2D eigenvalue weighted by molar-refractivity contribution is 0.0913. The molecule has 25 heavy (non-hydrogen) atoms. The van der Waals surface area contributed by atoms with E-state index in [9.17, 15) is 9.36 Å². The maximum absolute atomic E-state index is 11.4. The Morgan fingerprint density at radius 2 is 2.24 bits per heavy atom. The predicted molar refractivity (Wildman–Crippen MR) is 94.9 cm³/mol. The number of ether oxygens (including phenoxy) is 1. The summed E-state index contributed by atoms with van der Waals surface area (Å²) in [7, 11) is 1.27. The molecule has 1 unspecified atom stereocenters. The smallest absolute Gasteiger partial charge is 0.407 e. The Labute approximate surface area is 149 Å². The monoisotopic (exact) mass is 364 g/mol. The van der Waals surface area contributed by atoms with Gasteiger partial charge in [-0.2, -0.15) is 0 Å². The van der Waals surface area contributed by atoms with E-state index in [1.54, 1.807) is 7.05 Å². The van der Waals surface area contributed by atoms with Gasteiger partial charge in [0.25, 0.3) is 0 Å². The predicted octanol–water partition coefficient (Wildman–Crippen LogP) is 3.09. The number of carbonyl (C=O) groups is 1. The fourth-order valence-corrected chi connectivity index (χ4v) is 4.34. The minimum Gasteiger partial charge on any atom is -0.446 e. The molecule has 3 N–H and O–H groups in total. The van der Waals surface area contributed by atoms with E-state index in [-0.39, 0.29) is 26.4 Å². The van der Waals surface area contributed by atoms with Crippen LogP contribution < -0.4 is 11.1 Å². The lowest BCUT2D eigenvalue weighted by atomic mass is 9.85. The highest BCUT2D eigenvalue weighted by atomic mass is 31.1. The second kappa shape index (κ2) is 7.81. The van der Waals surface area contributed by atoms with Crippen LogP contribution in [0.2, 0.25) is 0 Å². The molecule has 0 spiro atoms. The summed E-state index contributed by atoms with van der Waals surface area (Å²) in [6, 6.07) is 6.62. The van der Waals surface area contributed by atoms with E-state index in [2.05, 4.69) is 23.5 Å². The highest BCUT2D eigenvalue weighted by Crippen LogP contribution is 2.41. The van der Waals surface area contributed by atoms with Crippen LogP contribution in [-0.2, 0) is 26.7 Å². The Balaban J connectivity index is 1.65. The van der Waals surface area contributed by atoms with E-state index in [1.165, 1.54) is 16.7 Å². The van der Waals surface area contributed by atoms with Crippen LogP contribution in [0.5, 0.6) is 0 Å². The molecule has 7 heteroatoms. The molecule has 136 valence electrons. The van der Waals surface area contributed by atoms with E-state index in [1.807, 2.05) is 0 Å². The number of hydrogen-bond donors (Lipinski definition) is 2. The van der Waals surface area contributed by atoms with Gasteiger partial charge in [0.2, 0.25) is 0 Å². The quantitative estimate of drug-likeness (QED) is 0.784. The lowest BCUT2D eigenvalue weighted by Crippen LogP contribution is -2.41. The Bertz CT molecular complexity index is 654. The largest absolute Gasteiger partial charge is 0.446 e. The van der Waals surface area contributed by atoms with Crippen LogP contribution in [0.4, 0.5) is 4.79 Å². The number of benzene rings is 1. The molecule has 1 saturated carbocycles. The fourth-order valence-electron chi connectivity index (χ4n) is 4.03. The van der Waals surface area contributed by atoms with Gasteiger partial charge in [-0.05, 0) is 54.7 Å². The molecule has 1 fully saturated rings. The molecule has 1 amide bonds. The first-order valence-corrected chi connectivity index (χ1v) is 9.49. The van der Waals surface area contributed by atoms with Crippen molar-refractivity contribution in [1.29, 1.82) is 0 Å². The van der Waals surface area contributed by atoms with Crippen LogP contribution in [0.15, 0.2) is 18.2 Å². The van der Waals surface area contributed by atoms with E-state index in [0.717, 1.165) is 38.5 Å². The molecule has 1 aromatic carbocycles. The lowest BCUT2D eigenvalue weighted by Gasteiger charge is -2.26. The third kappa shape index (κ3) is 4.38. The number of nitrogens with two attached hydrogens (primary N) is 1. The summed E-state index contributed by atoms with van der Waals surface area (Å²) in [5, 5.41) is 2.50. The molecule has 2 aliphatic carbocycles. The SMILES string of the molecule is CNC(=O)OC1CCc2cc([C@H]3CC[C@](N)(COP=O)C3)ccc2C1. The Morgan fingerprint density at radius 3 is 3.00 bits per heavy atom. The van der Waals surface area contributed by atoms with Gasteiger partial charge in [0.05, 0.1) is 6.61 Å². The normalized spacial score (nSPS) is 28.6. The molecule has 0 saturated heterocycles. The van der Waals surface area contributed by atoms with Crippen molar-refractivity contribution in [2.45, 2.75) is 56.1 Å². The van der Waals surface area contributed by atoms with Crippen LogP contribution in [0.1, 0.15) is 48.3 Å². The summed E-state index contributed by atoms with van der Waals surface area (Å²) in [4.78, 5) is 11.4. The van der Waals surface area contributed by atoms with Gasteiger partial charge in [0.15, 0.2) is 0 Å². The number of aryl methyl sites for hydroxylation is 1. The third-order valence-electron chi connectivity index (χ3n) is 5.41. The molecule has 3 rings (SSSR count). The molecule has 1 aromatic rings. The summed E-state index contributed by atoms with van der Waals surface area (Å²) in [6.07, 6.45) is 4.88. The van der Waals surface area contributed by atoms with Crippen molar-refractivity contribution in [3.05, 3.63) is 34.9 Å². The maximum Gasteiger partial charge on any atom is 0.407 e. The standard InChI is InChI=1S/C18H25N2O4P/c1-20-17(21)24-16-5-4-12-8-13(2-3-14(12)9-16)15-6-7-18(19,10-15)11-23-25-22/h2-3,8,15-16H,4-7,9-11,19H2,1H3,(H,20,21)/t15-,16?,18+/m0/s1.